The summed E-state index contributed by atoms with van der Waals surface area (Å²) in [4.78, 5) is 10.9. The van der Waals surface area contributed by atoms with E-state index in [-0.39, 0.29) is 17.4 Å². The Morgan fingerprint density at radius 2 is 1.90 bits per heavy atom. The maximum atomic E-state index is 10.9. The standard InChI is InChI=1S/C7H15BO2/c1-5(8)6(9)10-7(2,3)4/h5H,8H2,1-4H3. The van der Waals surface area contributed by atoms with E-state index in [1.807, 2.05) is 35.5 Å². The fraction of sp³-hybridized carbons (Fsp3) is 0.857. The summed E-state index contributed by atoms with van der Waals surface area (Å²) in [5.74, 6) is -0.160. The Kier molecular flexibility index (Phi) is 2.94. The van der Waals surface area contributed by atoms with E-state index < -0.39 is 0 Å². The predicted molar refractivity (Wildman–Crippen MR) is 43.8 cm³/mol. The Morgan fingerprint density at radius 1 is 1.50 bits per heavy atom. The molecule has 0 aliphatic carbocycles. The Bertz CT molecular complexity index is 124. The molecule has 0 saturated carbocycles. The van der Waals surface area contributed by atoms with Gasteiger partial charge in [-0.2, -0.15) is 0 Å². The van der Waals surface area contributed by atoms with Crippen LogP contribution in [0, 0.1) is 0 Å². The van der Waals surface area contributed by atoms with E-state index in [2.05, 4.69) is 0 Å². The van der Waals surface area contributed by atoms with Gasteiger partial charge in [0.25, 0.3) is 0 Å². The van der Waals surface area contributed by atoms with E-state index in [1.54, 1.807) is 0 Å². The van der Waals surface area contributed by atoms with Crippen molar-refractivity contribution in [2.75, 3.05) is 0 Å². The van der Waals surface area contributed by atoms with Gasteiger partial charge in [-0.3, -0.25) is 4.79 Å². The van der Waals surface area contributed by atoms with Gasteiger partial charge in [0.2, 0.25) is 0 Å². The van der Waals surface area contributed by atoms with Crippen LogP contribution >= 0.6 is 0 Å². The molecule has 0 N–H and O–H groups in total. The summed E-state index contributed by atoms with van der Waals surface area (Å²) in [7, 11) is 1.83. The maximum absolute atomic E-state index is 10.9. The highest BCUT2D eigenvalue weighted by Crippen LogP contribution is 2.11. The third-order valence-electron chi connectivity index (χ3n) is 0.878. The first kappa shape index (κ1) is 9.53. The first-order valence-corrected chi connectivity index (χ1v) is 3.56. The molecule has 0 amide bonds. The van der Waals surface area contributed by atoms with E-state index in [9.17, 15) is 4.79 Å². The second-order valence-corrected chi connectivity index (χ2v) is 3.69. The summed E-state index contributed by atoms with van der Waals surface area (Å²) in [6.45, 7) is 7.43. The third kappa shape index (κ3) is 4.42. The lowest BCUT2D eigenvalue weighted by Gasteiger charge is -2.20. The van der Waals surface area contributed by atoms with Gasteiger partial charge < -0.3 is 4.74 Å². The first-order valence-electron chi connectivity index (χ1n) is 3.56. The minimum atomic E-state index is -0.346. The van der Waals surface area contributed by atoms with Gasteiger partial charge >= 0.3 is 5.97 Å². The van der Waals surface area contributed by atoms with Crippen molar-refractivity contribution >= 4 is 13.8 Å². The molecule has 2 nitrogen and oxygen atoms in total. The number of esters is 1. The number of rotatable bonds is 1. The van der Waals surface area contributed by atoms with Crippen molar-refractivity contribution in [2.24, 2.45) is 0 Å². The molecule has 1 atom stereocenters. The number of carbonyl (C=O) groups excluding carboxylic acids is 1. The SMILES string of the molecule is BC(C)C(=O)OC(C)(C)C. The van der Waals surface area contributed by atoms with Crippen LogP contribution in [0.5, 0.6) is 0 Å². The van der Waals surface area contributed by atoms with Crippen LogP contribution in [0.2, 0.25) is 5.82 Å². The number of ether oxygens (including phenoxy) is 1. The fourth-order valence-electron chi connectivity index (χ4n) is 0.420. The highest BCUT2D eigenvalue weighted by molar-refractivity contribution is 6.22. The van der Waals surface area contributed by atoms with Crippen molar-refractivity contribution in [3.8, 4) is 0 Å². The quantitative estimate of drug-likeness (QED) is 0.399. The summed E-state index contributed by atoms with van der Waals surface area (Å²) < 4.78 is 5.06. The summed E-state index contributed by atoms with van der Waals surface area (Å²) in [6, 6.07) is 0. The van der Waals surface area contributed by atoms with E-state index >= 15 is 0 Å². The van der Waals surface area contributed by atoms with Crippen LogP contribution < -0.4 is 0 Å². The second-order valence-electron chi connectivity index (χ2n) is 3.69. The first-order chi connectivity index (χ1) is 4.33. The summed E-state index contributed by atoms with van der Waals surface area (Å²) in [5.41, 5.74) is -0.346. The topological polar surface area (TPSA) is 26.3 Å². The summed E-state index contributed by atoms with van der Waals surface area (Å²) >= 11 is 0. The molecule has 10 heavy (non-hydrogen) atoms. The molecule has 0 aliphatic rings. The van der Waals surface area contributed by atoms with Crippen LogP contribution in [0.4, 0.5) is 0 Å². The second kappa shape index (κ2) is 3.08. The average Bonchev–Trinajstić information content (AvgIpc) is 1.60. The van der Waals surface area contributed by atoms with Gasteiger partial charge in [-0.1, -0.05) is 6.92 Å². The molecule has 0 saturated heterocycles. The molecule has 0 aromatic rings. The number of hydrogen-bond acceptors (Lipinski definition) is 2. The minimum absolute atomic E-state index is 0.0285. The summed E-state index contributed by atoms with van der Waals surface area (Å²) in [5, 5.41) is 0. The lowest BCUT2D eigenvalue weighted by Crippen LogP contribution is -2.25. The van der Waals surface area contributed by atoms with Crippen LogP contribution in [0.3, 0.4) is 0 Å². The normalized spacial score (nSPS) is 14.4. The van der Waals surface area contributed by atoms with E-state index in [4.69, 9.17) is 4.74 Å². The zero-order valence-corrected chi connectivity index (χ0v) is 7.39. The molecule has 0 aliphatic heterocycles. The van der Waals surface area contributed by atoms with Gasteiger partial charge in [0.1, 0.15) is 13.4 Å². The van der Waals surface area contributed by atoms with Gasteiger partial charge in [0.15, 0.2) is 0 Å². The third-order valence-corrected chi connectivity index (χ3v) is 0.878. The minimum Gasteiger partial charge on any atom is -0.460 e. The van der Waals surface area contributed by atoms with Crippen molar-refractivity contribution in [2.45, 2.75) is 39.1 Å². The molecule has 0 fully saturated rings. The number of carbonyl (C=O) groups is 1. The lowest BCUT2D eigenvalue weighted by atomic mass is 9.90. The van der Waals surface area contributed by atoms with Gasteiger partial charge in [-0.15, -0.1) is 0 Å². The van der Waals surface area contributed by atoms with Crippen molar-refractivity contribution < 1.29 is 9.53 Å². The molecule has 0 aromatic carbocycles. The number of hydrogen-bond donors (Lipinski definition) is 0. The Balaban J connectivity index is 3.81. The van der Waals surface area contributed by atoms with E-state index in [0.29, 0.717) is 0 Å². The van der Waals surface area contributed by atoms with E-state index in [1.165, 1.54) is 0 Å². The van der Waals surface area contributed by atoms with Crippen LogP contribution in [0.25, 0.3) is 0 Å². The molecule has 0 radical (unpaired) electrons. The van der Waals surface area contributed by atoms with Gasteiger partial charge in [0, 0.05) is 5.82 Å². The van der Waals surface area contributed by atoms with Crippen molar-refractivity contribution in [1.29, 1.82) is 0 Å². The lowest BCUT2D eigenvalue weighted by molar-refractivity contribution is -0.154. The van der Waals surface area contributed by atoms with Crippen LogP contribution in [0.15, 0.2) is 0 Å². The average molecular weight is 142 g/mol. The van der Waals surface area contributed by atoms with E-state index in [0.717, 1.165) is 0 Å². The fourth-order valence-corrected chi connectivity index (χ4v) is 0.420. The smallest absolute Gasteiger partial charge is 0.301 e. The Hall–Kier alpha value is -0.465. The van der Waals surface area contributed by atoms with Crippen LogP contribution in [-0.2, 0) is 9.53 Å². The predicted octanol–water partition coefficient (Wildman–Crippen LogP) is 0.770. The molecule has 0 aromatic heterocycles. The van der Waals surface area contributed by atoms with Crippen LogP contribution in [-0.4, -0.2) is 19.4 Å². The molecule has 58 valence electrons. The largest absolute Gasteiger partial charge is 0.460 e. The molecular weight excluding hydrogens is 127 g/mol. The zero-order chi connectivity index (χ0) is 8.36. The van der Waals surface area contributed by atoms with Gasteiger partial charge in [-0.25, -0.2) is 0 Å². The highest BCUT2D eigenvalue weighted by Gasteiger charge is 2.17. The van der Waals surface area contributed by atoms with Crippen molar-refractivity contribution in [3.63, 3.8) is 0 Å². The van der Waals surface area contributed by atoms with Crippen LogP contribution in [0.1, 0.15) is 27.7 Å². The molecule has 3 heteroatoms. The highest BCUT2D eigenvalue weighted by atomic mass is 16.6. The Labute approximate surface area is 63.4 Å². The van der Waals surface area contributed by atoms with Gasteiger partial charge in [-0.05, 0) is 20.8 Å². The Morgan fingerprint density at radius 3 is 2.00 bits per heavy atom. The molecule has 0 rings (SSSR count). The molecule has 0 bridgehead atoms. The zero-order valence-electron chi connectivity index (χ0n) is 7.39. The van der Waals surface area contributed by atoms with Gasteiger partial charge in [0.05, 0.1) is 0 Å². The molecule has 0 spiro atoms. The molecular formula is C7H15BO2. The monoisotopic (exact) mass is 142 g/mol. The van der Waals surface area contributed by atoms with Crippen molar-refractivity contribution in [1.82, 2.24) is 0 Å². The molecule has 0 heterocycles. The summed E-state index contributed by atoms with van der Waals surface area (Å²) in [6.07, 6.45) is 0. The molecule has 1 unspecified atom stereocenters. The van der Waals surface area contributed by atoms with Crippen molar-refractivity contribution in [3.05, 3.63) is 0 Å². The maximum Gasteiger partial charge on any atom is 0.301 e.